The summed E-state index contributed by atoms with van der Waals surface area (Å²) in [7, 11) is -1.83. The van der Waals surface area contributed by atoms with Crippen molar-refractivity contribution >= 4 is 37.6 Å². The normalized spacial score (nSPS) is 16.6. The van der Waals surface area contributed by atoms with E-state index in [4.69, 9.17) is 16.3 Å². The van der Waals surface area contributed by atoms with Gasteiger partial charge >= 0.3 is 0 Å². The average Bonchev–Trinajstić information content (AvgIpc) is 2.63. The van der Waals surface area contributed by atoms with Crippen LogP contribution in [-0.4, -0.2) is 50.9 Å². The van der Waals surface area contributed by atoms with E-state index in [0.717, 1.165) is 22.3 Å². The summed E-state index contributed by atoms with van der Waals surface area (Å²) in [5.41, 5.74) is 1.16. The number of benzene rings is 2. The van der Waals surface area contributed by atoms with Gasteiger partial charge in [0, 0.05) is 37.7 Å². The first-order valence-corrected chi connectivity index (χ1v) is 10.8. The lowest BCUT2D eigenvalue weighted by Crippen LogP contribution is -2.48. The summed E-state index contributed by atoms with van der Waals surface area (Å²) in [4.78, 5) is 2.54. The van der Waals surface area contributed by atoms with Crippen molar-refractivity contribution in [3.8, 4) is 5.75 Å². The number of halogens is 2. The van der Waals surface area contributed by atoms with E-state index < -0.39 is 10.0 Å². The lowest BCUT2D eigenvalue weighted by atomic mass is 10.2. The van der Waals surface area contributed by atoms with Crippen LogP contribution in [0.25, 0.3) is 0 Å². The Labute approximate surface area is 167 Å². The van der Waals surface area contributed by atoms with Gasteiger partial charge in [0.15, 0.2) is 0 Å². The lowest BCUT2D eigenvalue weighted by molar-refractivity contribution is 0.181. The molecule has 8 heteroatoms. The van der Waals surface area contributed by atoms with Crippen molar-refractivity contribution in [1.29, 1.82) is 0 Å². The van der Waals surface area contributed by atoms with Gasteiger partial charge in [0.05, 0.1) is 16.5 Å². The molecule has 140 valence electrons. The summed E-state index contributed by atoms with van der Waals surface area (Å²) in [6.07, 6.45) is 0. The van der Waals surface area contributed by atoms with Gasteiger partial charge in [-0.25, -0.2) is 8.42 Å². The molecule has 2 aromatic carbocycles. The zero-order valence-corrected chi connectivity index (χ0v) is 17.5. The fourth-order valence-corrected chi connectivity index (χ4v) is 5.09. The van der Waals surface area contributed by atoms with E-state index in [0.29, 0.717) is 31.2 Å². The van der Waals surface area contributed by atoms with Crippen molar-refractivity contribution in [2.45, 2.75) is 11.4 Å². The minimum absolute atomic E-state index is 0.287. The SMILES string of the molecule is COc1ccc(CN2CCN(S(=O)(=O)c3ccc(Cl)cc3)CC2)cc1Br. The second-order valence-corrected chi connectivity index (χ2v) is 9.33. The quantitative estimate of drug-likeness (QED) is 0.685. The third-order valence-electron chi connectivity index (χ3n) is 4.41. The molecule has 0 spiro atoms. The number of nitrogens with zero attached hydrogens (tertiary/aromatic N) is 2. The molecular formula is C18H20BrClN2O3S. The summed E-state index contributed by atoms with van der Waals surface area (Å²) in [5.74, 6) is 0.799. The van der Waals surface area contributed by atoms with Gasteiger partial charge in [-0.2, -0.15) is 4.31 Å². The predicted molar refractivity (Wildman–Crippen MR) is 106 cm³/mol. The Morgan fingerprint density at radius 1 is 1.08 bits per heavy atom. The first kappa shape index (κ1) is 19.6. The van der Waals surface area contributed by atoms with Crippen LogP contribution < -0.4 is 4.74 Å². The monoisotopic (exact) mass is 458 g/mol. The Hall–Kier alpha value is -1.12. The van der Waals surface area contributed by atoms with Crippen LogP contribution in [0.15, 0.2) is 51.8 Å². The van der Waals surface area contributed by atoms with Gasteiger partial charge in [0.1, 0.15) is 5.75 Å². The van der Waals surface area contributed by atoms with E-state index in [2.05, 4.69) is 20.8 Å². The molecule has 1 heterocycles. The number of ether oxygens (including phenoxy) is 1. The molecule has 3 rings (SSSR count). The minimum Gasteiger partial charge on any atom is -0.496 e. The molecule has 0 aliphatic carbocycles. The molecule has 0 aromatic heterocycles. The number of piperazine rings is 1. The molecule has 0 bridgehead atoms. The molecule has 1 aliphatic heterocycles. The Balaban J connectivity index is 1.62. The van der Waals surface area contributed by atoms with Crippen molar-refractivity contribution in [1.82, 2.24) is 9.21 Å². The Morgan fingerprint density at radius 3 is 2.31 bits per heavy atom. The van der Waals surface area contributed by atoms with E-state index in [1.54, 1.807) is 31.4 Å². The van der Waals surface area contributed by atoms with Crippen molar-refractivity contribution in [2.75, 3.05) is 33.3 Å². The summed E-state index contributed by atoms with van der Waals surface area (Å²) < 4.78 is 33.2. The number of sulfonamides is 1. The zero-order chi connectivity index (χ0) is 18.7. The van der Waals surface area contributed by atoms with Gasteiger partial charge in [-0.05, 0) is 57.9 Å². The van der Waals surface area contributed by atoms with Gasteiger partial charge in [-0.1, -0.05) is 17.7 Å². The van der Waals surface area contributed by atoms with E-state index in [9.17, 15) is 8.42 Å². The topological polar surface area (TPSA) is 49.9 Å². The lowest BCUT2D eigenvalue weighted by Gasteiger charge is -2.34. The van der Waals surface area contributed by atoms with Gasteiger partial charge in [-0.15, -0.1) is 0 Å². The van der Waals surface area contributed by atoms with Crippen molar-refractivity contribution in [3.63, 3.8) is 0 Å². The minimum atomic E-state index is -3.47. The molecule has 1 aliphatic rings. The summed E-state index contributed by atoms with van der Waals surface area (Å²) in [6, 6.07) is 12.3. The Kier molecular flexibility index (Phi) is 6.25. The van der Waals surface area contributed by atoms with Crippen LogP contribution in [-0.2, 0) is 16.6 Å². The molecule has 0 amide bonds. The summed E-state index contributed by atoms with van der Waals surface area (Å²) in [5, 5.41) is 0.527. The standard InChI is InChI=1S/C18H20BrClN2O3S/c1-25-18-7-2-14(12-17(18)19)13-21-8-10-22(11-9-21)26(23,24)16-5-3-15(20)4-6-16/h2-7,12H,8-11,13H2,1H3. The third-order valence-corrected chi connectivity index (χ3v) is 7.19. The van der Waals surface area contributed by atoms with Crippen LogP contribution in [0.3, 0.4) is 0 Å². The van der Waals surface area contributed by atoms with E-state index >= 15 is 0 Å². The molecule has 0 radical (unpaired) electrons. The van der Waals surface area contributed by atoms with Crippen LogP contribution in [0.1, 0.15) is 5.56 Å². The molecule has 1 saturated heterocycles. The first-order chi connectivity index (χ1) is 12.4. The van der Waals surface area contributed by atoms with Gasteiger partial charge in [0.2, 0.25) is 10.0 Å². The average molecular weight is 460 g/mol. The van der Waals surface area contributed by atoms with Gasteiger partial charge in [-0.3, -0.25) is 4.90 Å². The molecule has 0 saturated carbocycles. The highest BCUT2D eigenvalue weighted by Crippen LogP contribution is 2.26. The van der Waals surface area contributed by atoms with Gasteiger partial charge < -0.3 is 4.74 Å². The molecule has 0 atom stereocenters. The van der Waals surface area contributed by atoms with Crippen LogP contribution >= 0.6 is 27.5 Å². The second-order valence-electron chi connectivity index (χ2n) is 6.10. The molecule has 2 aromatic rings. The zero-order valence-electron chi connectivity index (χ0n) is 14.4. The molecule has 1 fully saturated rings. The van der Waals surface area contributed by atoms with E-state index in [-0.39, 0.29) is 4.90 Å². The number of rotatable bonds is 5. The molecule has 26 heavy (non-hydrogen) atoms. The van der Waals surface area contributed by atoms with Gasteiger partial charge in [0.25, 0.3) is 0 Å². The Morgan fingerprint density at radius 2 is 1.73 bits per heavy atom. The van der Waals surface area contributed by atoms with Crippen LogP contribution in [0.4, 0.5) is 0 Å². The molecular weight excluding hydrogens is 440 g/mol. The second kappa shape index (κ2) is 8.27. The fourth-order valence-electron chi connectivity index (χ4n) is 2.95. The molecule has 5 nitrogen and oxygen atoms in total. The maximum atomic E-state index is 12.7. The van der Waals surface area contributed by atoms with Crippen LogP contribution in [0, 0.1) is 0 Å². The molecule has 0 N–H and O–H groups in total. The van der Waals surface area contributed by atoms with Crippen LogP contribution in [0.5, 0.6) is 5.75 Å². The smallest absolute Gasteiger partial charge is 0.243 e. The van der Waals surface area contributed by atoms with Crippen molar-refractivity contribution in [2.24, 2.45) is 0 Å². The number of methoxy groups -OCH3 is 1. The number of hydrogen-bond donors (Lipinski definition) is 0. The highest BCUT2D eigenvalue weighted by atomic mass is 79.9. The Bertz CT molecular complexity index is 867. The van der Waals surface area contributed by atoms with Crippen LogP contribution in [0.2, 0.25) is 5.02 Å². The van der Waals surface area contributed by atoms with Crippen molar-refractivity contribution in [3.05, 3.63) is 57.5 Å². The first-order valence-electron chi connectivity index (χ1n) is 8.20. The van der Waals surface area contributed by atoms with E-state index in [1.165, 1.54) is 4.31 Å². The largest absolute Gasteiger partial charge is 0.496 e. The van der Waals surface area contributed by atoms with E-state index in [1.807, 2.05) is 18.2 Å². The highest BCUT2D eigenvalue weighted by molar-refractivity contribution is 9.10. The number of hydrogen-bond acceptors (Lipinski definition) is 4. The van der Waals surface area contributed by atoms with Crippen molar-refractivity contribution < 1.29 is 13.2 Å². The predicted octanol–water partition coefficient (Wildman–Crippen LogP) is 3.62. The fraction of sp³-hybridized carbons (Fsp3) is 0.333. The molecule has 0 unspecified atom stereocenters. The summed E-state index contributed by atoms with van der Waals surface area (Å²) in [6.45, 7) is 3.11. The maximum Gasteiger partial charge on any atom is 0.243 e. The maximum absolute atomic E-state index is 12.7. The summed E-state index contributed by atoms with van der Waals surface area (Å²) >= 11 is 9.35. The highest BCUT2D eigenvalue weighted by Gasteiger charge is 2.28. The third kappa shape index (κ3) is 4.40.